The molecule has 1 aliphatic rings. The van der Waals surface area contributed by atoms with Gasteiger partial charge in [0.15, 0.2) is 6.29 Å². The maximum absolute atomic E-state index is 12.4. The standard InChI is InChI=1S/C26H24N6OS/c1-18-22-23-24(19(17-33)16-30-14-12-27-13-15-30)29-32(21-10-6-3-7-11-21)26(23)34-25(22)31(28-18)20-8-4-2-5-9-20/h2-11,16-17,27H,12-15H2,1H3/b19-16+. The smallest absolute Gasteiger partial charge is 0.153 e. The number of rotatable bonds is 5. The Kier molecular flexibility index (Phi) is 5.24. The number of aryl methyl sites for hydroxylation is 1. The highest BCUT2D eigenvalue weighted by atomic mass is 32.1. The Hall–Kier alpha value is -3.75. The normalized spacial score (nSPS) is 14.9. The Bertz CT molecular complexity index is 1510. The summed E-state index contributed by atoms with van der Waals surface area (Å²) in [5, 5.41) is 15.2. The van der Waals surface area contributed by atoms with E-state index in [0.717, 1.165) is 70.0 Å². The lowest BCUT2D eigenvalue weighted by atomic mass is 10.1. The molecule has 0 unspecified atom stereocenters. The highest BCUT2D eigenvalue weighted by molar-refractivity contribution is 7.25. The van der Waals surface area contributed by atoms with Crippen LogP contribution in [0.4, 0.5) is 0 Å². The molecule has 1 aliphatic heterocycles. The Morgan fingerprint density at radius 3 is 2.09 bits per heavy atom. The van der Waals surface area contributed by atoms with Crippen molar-refractivity contribution in [2.45, 2.75) is 6.92 Å². The third-order valence-electron chi connectivity index (χ3n) is 6.18. The quantitative estimate of drug-likeness (QED) is 0.310. The number of carbonyl (C=O) groups excluding carboxylic acids is 1. The Morgan fingerprint density at radius 2 is 1.47 bits per heavy atom. The summed E-state index contributed by atoms with van der Waals surface area (Å²) >= 11 is 1.65. The van der Waals surface area contributed by atoms with Crippen LogP contribution in [0, 0.1) is 6.92 Å². The lowest BCUT2D eigenvalue weighted by Gasteiger charge is -2.26. The van der Waals surface area contributed by atoms with Crippen LogP contribution in [0.5, 0.6) is 0 Å². The van der Waals surface area contributed by atoms with E-state index < -0.39 is 0 Å². The zero-order chi connectivity index (χ0) is 23.1. The molecule has 0 radical (unpaired) electrons. The predicted molar refractivity (Wildman–Crippen MR) is 137 cm³/mol. The van der Waals surface area contributed by atoms with Crippen LogP contribution in [-0.4, -0.2) is 56.9 Å². The van der Waals surface area contributed by atoms with E-state index in [1.54, 1.807) is 11.3 Å². The molecule has 34 heavy (non-hydrogen) atoms. The molecular weight excluding hydrogens is 444 g/mol. The fraction of sp³-hybridized carbons (Fsp3) is 0.192. The largest absolute Gasteiger partial charge is 0.374 e. The third-order valence-corrected chi connectivity index (χ3v) is 7.32. The number of carbonyl (C=O) groups is 1. The van der Waals surface area contributed by atoms with Gasteiger partial charge in [-0.2, -0.15) is 10.2 Å². The number of fused-ring (bicyclic) bond motifs is 3. The van der Waals surface area contributed by atoms with Crippen molar-refractivity contribution in [2.24, 2.45) is 0 Å². The molecule has 0 amide bonds. The van der Waals surface area contributed by atoms with E-state index in [2.05, 4.69) is 22.3 Å². The van der Waals surface area contributed by atoms with Gasteiger partial charge in [0.2, 0.25) is 0 Å². The molecule has 3 aromatic heterocycles. The average Bonchev–Trinajstić information content (AvgIpc) is 3.54. The summed E-state index contributed by atoms with van der Waals surface area (Å²) in [7, 11) is 0. The molecule has 0 spiro atoms. The van der Waals surface area contributed by atoms with Crippen molar-refractivity contribution in [3.05, 3.63) is 78.3 Å². The number of thiophene rings is 1. The molecule has 2 aromatic carbocycles. The van der Waals surface area contributed by atoms with Crippen LogP contribution in [0.25, 0.3) is 37.4 Å². The molecule has 1 fully saturated rings. The maximum Gasteiger partial charge on any atom is 0.153 e. The van der Waals surface area contributed by atoms with Crippen molar-refractivity contribution in [1.82, 2.24) is 29.8 Å². The SMILES string of the molecule is Cc1nn(-c2ccccc2)c2sc3c(c(/C(C=O)=C/N4CCNCC4)nn3-c3ccccc3)c12. The van der Waals surface area contributed by atoms with Gasteiger partial charge in [0.1, 0.15) is 15.4 Å². The molecule has 4 heterocycles. The first kappa shape index (κ1) is 20.8. The number of hydrogen-bond acceptors (Lipinski definition) is 6. The molecule has 0 bridgehead atoms. The average molecular weight is 469 g/mol. The fourth-order valence-electron chi connectivity index (χ4n) is 4.55. The van der Waals surface area contributed by atoms with E-state index in [-0.39, 0.29) is 0 Å². The Morgan fingerprint density at radius 1 is 0.882 bits per heavy atom. The van der Waals surface area contributed by atoms with Crippen LogP contribution in [0.2, 0.25) is 0 Å². The lowest BCUT2D eigenvalue weighted by molar-refractivity contribution is -0.103. The first-order chi connectivity index (χ1) is 16.7. The van der Waals surface area contributed by atoms with E-state index >= 15 is 0 Å². The summed E-state index contributed by atoms with van der Waals surface area (Å²) in [6.07, 6.45) is 2.89. The van der Waals surface area contributed by atoms with Crippen LogP contribution >= 0.6 is 11.3 Å². The maximum atomic E-state index is 12.4. The van der Waals surface area contributed by atoms with E-state index in [4.69, 9.17) is 10.2 Å². The number of hydrogen-bond donors (Lipinski definition) is 1. The molecule has 7 nitrogen and oxygen atoms in total. The number of allylic oxidation sites excluding steroid dienone is 1. The van der Waals surface area contributed by atoms with Gasteiger partial charge in [-0.15, -0.1) is 0 Å². The molecule has 1 N–H and O–H groups in total. The van der Waals surface area contributed by atoms with Gasteiger partial charge in [-0.3, -0.25) is 4.79 Å². The zero-order valence-corrected chi connectivity index (χ0v) is 19.6. The van der Waals surface area contributed by atoms with Gasteiger partial charge in [-0.05, 0) is 31.2 Å². The fourth-order valence-corrected chi connectivity index (χ4v) is 5.85. The predicted octanol–water partition coefficient (Wildman–Crippen LogP) is 4.18. The number of piperazine rings is 1. The van der Waals surface area contributed by atoms with Crippen molar-refractivity contribution in [2.75, 3.05) is 26.2 Å². The highest BCUT2D eigenvalue weighted by Gasteiger charge is 2.25. The van der Waals surface area contributed by atoms with Gasteiger partial charge >= 0.3 is 0 Å². The molecule has 0 atom stereocenters. The number of benzene rings is 2. The minimum absolute atomic E-state index is 0.591. The minimum Gasteiger partial charge on any atom is -0.374 e. The number of para-hydroxylation sites is 2. The van der Waals surface area contributed by atoms with Crippen molar-refractivity contribution >= 4 is 43.6 Å². The molecule has 8 heteroatoms. The number of aldehydes is 1. The van der Waals surface area contributed by atoms with Crippen molar-refractivity contribution in [1.29, 1.82) is 0 Å². The Labute approximate surface area is 200 Å². The summed E-state index contributed by atoms with van der Waals surface area (Å²) < 4.78 is 3.95. The van der Waals surface area contributed by atoms with Crippen LogP contribution in [-0.2, 0) is 4.79 Å². The van der Waals surface area contributed by atoms with Gasteiger partial charge < -0.3 is 10.2 Å². The van der Waals surface area contributed by atoms with E-state index in [0.29, 0.717) is 11.3 Å². The molecule has 5 aromatic rings. The molecule has 0 aliphatic carbocycles. The zero-order valence-electron chi connectivity index (χ0n) is 18.8. The molecule has 1 saturated heterocycles. The summed E-state index contributed by atoms with van der Waals surface area (Å²) in [6, 6.07) is 20.2. The second-order valence-corrected chi connectivity index (χ2v) is 9.36. The molecular formula is C26H24N6OS. The van der Waals surface area contributed by atoms with Crippen LogP contribution in [0.15, 0.2) is 66.9 Å². The molecule has 0 saturated carbocycles. The van der Waals surface area contributed by atoms with Crippen molar-refractivity contribution < 1.29 is 4.79 Å². The number of aromatic nitrogens is 4. The van der Waals surface area contributed by atoms with Crippen LogP contribution in [0.3, 0.4) is 0 Å². The third kappa shape index (κ3) is 3.43. The molecule has 6 rings (SSSR count). The first-order valence-electron chi connectivity index (χ1n) is 11.4. The van der Waals surface area contributed by atoms with E-state index in [9.17, 15) is 4.79 Å². The van der Waals surface area contributed by atoms with Crippen molar-refractivity contribution in [3.8, 4) is 11.4 Å². The van der Waals surface area contributed by atoms with Gasteiger partial charge in [0, 0.05) is 37.8 Å². The topological polar surface area (TPSA) is 68.0 Å². The van der Waals surface area contributed by atoms with E-state index in [1.807, 2.05) is 71.0 Å². The van der Waals surface area contributed by atoms with E-state index in [1.165, 1.54) is 0 Å². The van der Waals surface area contributed by atoms with Crippen LogP contribution < -0.4 is 5.32 Å². The van der Waals surface area contributed by atoms with Gasteiger partial charge in [-0.1, -0.05) is 47.7 Å². The summed E-state index contributed by atoms with van der Waals surface area (Å²) in [5.41, 5.74) is 4.19. The second-order valence-electron chi connectivity index (χ2n) is 8.38. The minimum atomic E-state index is 0.591. The van der Waals surface area contributed by atoms with Crippen LogP contribution in [0.1, 0.15) is 11.4 Å². The Balaban J connectivity index is 1.63. The monoisotopic (exact) mass is 468 g/mol. The summed E-state index contributed by atoms with van der Waals surface area (Å²) in [4.78, 5) is 16.6. The number of nitrogens with zero attached hydrogens (tertiary/aromatic N) is 5. The highest BCUT2D eigenvalue weighted by Crippen LogP contribution is 2.41. The second kappa shape index (κ2) is 8.55. The molecule has 170 valence electrons. The summed E-state index contributed by atoms with van der Waals surface area (Å²) in [5.74, 6) is 0. The van der Waals surface area contributed by atoms with Crippen molar-refractivity contribution in [3.63, 3.8) is 0 Å². The first-order valence-corrected chi connectivity index (χ1v) is 12.2. The van der Waals surface area contributed by atoms with Gasteiger partial charge in [-0.25, -0.2) is 9.36 Å². The van der Waals surface area contributed by atoms with Gasteiger partial charge in [0.25, 0.3) is 0 Å². The lowest BCUT2D eigenvalue weighted by Crippen LogP contribution is -2.40. The summed E-state index contributed by atoms with van der Waals surface area (Å²) in [6.45, 7) is 5.57. The van der Waals surface area contributed by atoms with Gasteiger partial charge in [0.05, 0.1) is 28.0 Å². The number of nitrogens with one attached hydrogen (secondary N) is 1.